The van der Waals surface area contributed by atoms with Crippen molar-refractivity contribution >= 4 is 11.9 Å². The van der Waals surface area contributed by atoms with Crippen molar-refractivity contribution in [3.8, 4) is 0 Å². The molecule has 1 heterocycles. The van der Waals surface area contributed by atoms with Crippen molar-refractivity contribution in [3.05, 3.63) is 35.6 Å². The van der Waals surface area contributed by atoms with Gasteiger partial charge in [0.1, 0.15) is 5.82 Å². The molecular weight excluding hydrogens is 301 g/mol. The monoisotopic (exact) mass is 323 g/mol. The summed E-state index contributed by atoms with van der Waals surface area (Å²) in [5, 5.41) is 8.66. The van der Waals surface area contributed by atoms with Gasteiger partial charge in [-0.05, 0) is 36.5 Å². The van der Waals surface area contributed by atoms with Crippen molar-refractivity contribution in [2.24, 2.45) is 5.92 Å². The molecule has 2 atom stereocenters. The molecule has 1 saturated heterocycles. The number of aliphatic carboxylic acids is 1. The Balaban J connectivity index is 1.93. The zero-order valence-electron chi connectivity index (χ0n) is 13.2. The fourth-order valence-electron chi connectivity index (χ4n) is 3.03. The molecule has 6 heteroatoms. The Morgan fingerprint density at radius 3 is 2.83 bits per heavy atom. The number of benzene rings is 1. The number of amides is 1. The molecule has 0 bridgehead atoms. The number of ether oxygens (including phenoxy) is 1. The molecule has 23 heavy (non-hydrogen) atoms. The van der Waals surface area contributed by atoms with Gasteiger partial charge in [-0.1, -0.05) is 12.1 Å². The van der Waals surface area contributed by atoms with E-state index in [4.69, 9.17) is 9.84 Å². The quantitative estimate of drug-likeness (QED) is 0.870. The van der Waals surface area contributed by atoms with E-state index in [0.29, 0.717) is 19.5 Å². The van der Waals surface area contributed by atoms with Crippen LogP contribution in [0.25, 0.3) is 0 Å². The maximum absolute atomic E-state index is 13.3. The van der Waals surface area contributed by atoms with E-state index in [9.17, 15) is 14.0 Å². The zero-order valence-corrected chi connectivity index (χ0v) is 13.2. The molecule has 0 radical (unpaired) electrons. The van der Waals surface area contributed by atoms with Gasteiger partial charge in [0.25, 0.3) is 0 Å². The lowest BCUT2D eigenvalue weighted by Gasteiger charge is -2.38. The second kappa shape index (κ2) is 8.06. The van der Waals surface area contributed by atoms with Crippen LogP contribution in [-0.2, 0) is 20.7 Å². The fraction of sp³-hybridized carbons (Fsp3) is 0.529. The van der Waals surface area contributed by atoms with E-state index in [1.807, 2.05) is 6.07 Å². The number of hydrogen-bond donors (Lipinski definition) is 1. The van der Waals surface area contributed by atoms with Crippen molar-refractivity contribution in [1.29, 1.82) is 0 Å². The van der Waals surface area contributed by atoms with Gasteiger partial charge in [0.2, 0.25) is 5.91 Å². The van der Waals surface area contributed by atoms with Crippen molar-refractivity contribution < 1.29 is 23.8 Å². The van der Waals surface area contributed by atoms with Crippen molar-refractivity contribution in [2.45, 2.75) is 31.8 Å². The third-order valence-electron chi connectivity index (χ3n) is 4.29. The Morgan fingerprint density at radius 2 is 2.17 bits per heavy atom. The van der Waals surface area contributed by atoms with E-state index in [2.05, 4.69) is 0 Å². The van der Waals surface area contributed by atoms with Crippen LogP contribution >= 0.6 is 0 Å². The Morgan fingerprint density at radius 1 is 1.39 bits per heavy atom. The third-order valence-corrected chi connectivity index (χ3v) is 4.29. The molecule has 1 N–H and O–H groups in total. The van der Waals surface area contributed by atoms with Gasteiger partial charge in [-0.25, -0.2) is 4.39 Å². The first-order chi connectivity index (χ1) is 11.0. The highest BCUT2D eigenvalue weighted by Crippen LogP contribution is 2.25. The minimum atomic E-state index is -0.970. The molecule has 126 valence electrons. The first-order valence-corrected chi connectivity index (χ1v) is 7.76. The number of methoxy groups -OCH3 is 1. The van der Waals surface area contributed by atoms with Crippen LogP contribution in [-0.4, -0.2) is 48.2 Å². The molecule has 0 unspecified atom stereocenters. The van der Waals surface area contributed by atoms with E-state index in [1.54, 1.807) is 18.1 Å². The topological polar surface area (TPSA) is 66.8 Å². The number of carbonyl (C=O) groups is 2. The highest BCUT2D eigenvalue weighted by atomic mass is 19.1. The second-order valence-corrected chi connectivity index (χ2v) is 5.89. The predicted molar refractivity (Wildman–Crippen MR) is 82.5 cm³/mol. The third kappa shape index (κ3) is 5.03. The molecule has 1 aliphatic heterocycles. The highest BCUT2D eigenvalue weighted by molar-refractivity contribution is 5.80. The number of likely N-dealkylation sites (tertiary alicyclic amines) is 1. The van der Waals surface area contributed by atoms with Crippen LogP contribution in [0.3, 0.4) is 0 Å². The number of nitrogens with zero attached hydrogens (tertiary/aromatic N) is 1. The highest BCUT2D eigenvalue weighted by Gasteiger charge is 2.31. The van der Waals surface area contributed by atoms with Crippen LogP contribution < -0.4 is 0 Å². The lowest BCUT2D eigenvalue weighted by atomic mass is 9.87. The standard InChI is InChI=1S/C17H22FNO4/c1-23-15-11-19(16(20)5-6-17(21)22)8-7-13(15)9-12-3-2-4-14(18)10-12/h2-4,10,13,15H,5-9,11H2,1H3,(H,21,22)/t13-,15+/m1/s1. The number of carbonyl (C=O) groups excluding carboxylic acids is 1. The van der Waals surface area contributed by atoms with Crippen LogP contribution in [0.15, 0.2) is 24.3 Å². The first kappa shape index (κ1) is 17.4. The van der Waals surface area contributed by atoms with Crippen LogP contribution in [0.5, 0.6) is 0 Å². The molecule has 0 spiro atoms. The summed E-state index contributed by atoms with van der Waals surface area (Å²) in [4.78, 5) is 24.3. The van der Waals surface area contributed by atoms with Gasteiger partial charge in [-0.2, -0.15) is 0 Å². The molecular formula is C17H22FNO4. The summed E-state index contributed by atoms with van der Waals surface area (Å²) in [6.07, 6.45) is 1.20. The Hall–Kier alpha value is -1.95. The van der Waals surface area contributed by atoms with Gasteiger partial charge < -0.3 is 14.7 Å². The zero-order chi connectivity index (χ0) is 16.8. The van der Waals surface area contributed by atoms with E-state index >= 15 is 0 Å². The largest absolute Gasteiger partial charge is 0.481 e. The number of hydrogen-bond acceptors (Lipinski definition) is 3. The SMILES string of the molecule is CO[C@H]1CN(C(=O)CCC(=O)O)CC[C@@H]1Cc1cccc(F)c1. The van der Waals surface area contributed by atoms with Gasteiger partial charge >= 0.3 is 5.97 Å². The molecule has 0 aliphatic carbocycles. The Labute approximate surface area is 135 Å². The van der Waals surface area contributed by atoms with Gasteiger partial charge in [-0.15, -0.1) is 0 Å². The van der Waals surface area contributed by atoms with Crippen LogP contribution in [0.4, 0.5) is 4.39 Å². The summed E-state index contributed by atoms with van der Waals surface area (Å²) in [6, 6.07) is 6.52. The van der Waals surface area contributed by atoms with Gasteiger partial charge in [0, 0.05) is 26.6 Å². The number of piperidine rings is 1. The smallest absolute Gasteiger partial charge is 0.303 e. The minimum Gasteiger partial charge on any atom is -0.481 e. The van der Waals surface area contributed by atoms with E-state index < -0.39 is 5.97 Å². The number of carboxylic acid groups (broad SMARTS) is 1. The van der Waals surface area contributed by atoms with E-state index in [-0.39, 0.29) is 36.6 Å². The fourth-order valence-corrected chi connectivity index (χ4v) is 3.03. The van der Waals surface area contributed by atoms with Gasteiger partial charge in [0.15, 0.2) is 0 Å². The van der Waals surface area contributed by atoms with Crippen LogP contribution in [0, 0.1) is 11.7 Å². The van der Waals surface area contributed by atoms with Crippen LogP contribution in [0.1, 0.15) is 24.8 Å². The molecule has 1 amide bonds. The maximum atomic E-state index is 13.3. The van der Waals surface area contributed by atoms with Crippen molar-refractivity contribution in [1.82, 2.24) is 4.90 Å². The average Bonchev–Trinajstić information content (AvgIpc) is 2.53. The summed E-state index contributed by atoms with van der Waals surface area (Å²) < 4.78 is 18.8. The lowest BCUT2D eigenvalue weighted by molar-refractivity contribution is -0.142. The van der Waals surface area contributed by atoms with Gasteiger partial charge in [0.05, 0.1) is 12.5 Å². The summed E-state index contributed by atoms with van der Waals surface area (Å²) in [6.45, 7) is 1.03. The van der Waals surface area contributed by atoms with Crippen molar-refractivity contribution in [2.75, 3.05) is 20.2 Å². The Kier molecular flexibility index (Phi) is 6.10. The molecule has 1 aromatic carbocycles. The molecule has 1 fully saturated rings. The summed E-state index contributed by atoms with van der Waals surface area (Å²) >= 11 is 0. The van der Waals surface area contributed by atoms with Crippen molar-refractivity contribution in [3.63, 3.8) is 0 Å². The number of rotatable bonds is 6. The lowest BCUT2D eigenvalue weighted by Crippen LogP contribution is -2.48. The summed E-state index contributed by atoms with van der Waals surface area (Å²) in [5.41, 5.74) is 0.919. The molecule has 1 aliphatic rings. The molecule has 0 aromatic heterocycles. The van der Waals surface area contributed by atoms with Gasteiger partial charge in [-0.3, -0.25) is 9.59 Å². The predicted octanol–water partition coefficient (Wildman–Crippen LogP) is 2.10. The molecule has 5 nitrogen and oxygen atoms in total. The van der Waals surface area contributed by atoms with E-state index in [0.717, 1.165) is 12.0 Å². The Bertz CT molecular complexity index is 563. The summed E-state index contributed by atoms with van der Waals surface area (Å²) in [5.74, 6) is -1.16. The first-order valence-electron chi connectivity index (χ1n) is 7.76. The number of carboxylic acids is 1. The second-order valence-electron chi connectivity index (χ2n) is 5.89. The number of halogens is 1. The molecule has 1 aromatic rings. The molecule has 2 rings (SSSR count). The minimum absolute atomic E-state index is 0.0142. The maximum Gasteiger partial charge on any atom is 0.303 e. The van der Waals surface area contributed by atoms with E-state index in [1.165, 1.54) is 12.1 Å². The van der Waals surface area contributed by atoms with Crippen LogP contribution in [0.2, 0.25) is 0 Å². The normalized spacial score (nSPS) is 21.2. The average molecular weight is 323 g/mol. The molecule has 0 saturated carbocycles. The summed E-state index contributed by atoms with van der Waals surface area (Å²) in [7, 11) is 1.61.